The lowest BCUT2D eigenvalue weighted by Crippen LogP contribution is -2.12. The van der Waals surface area contributed by atoms with E-state index in [9.17, 15) is 0 Å². The number of halogens is 1. The predicted molar refractivity (Wildman–Crippen MR) is 93.0 cm³/mol. The zero-order valence-electron chi connectivity index (χ0n) is 12.4. The quantitative estimate of drug-likeness (QED) is 0.578. The van der Waals surface area contributed by atoms with Gasteiger partial charge in [0.1, 0.15) is 5.84 Å². The highest BCUT2D eigenvalue weighted by Gasteiger charge is 2.23. The Morgan fingerprint density at radius 3 is 2.78 bits per heavy atom. The lowest BCUT2D eigenvalue weighted by molar-refractivity contribution is 0.982. The van der Waals surface area contributed by atoms with Gasteiger partial charge in [0.2, 0.25) is 5.95 Å². The van der Waals surface area contributed by atoms with E-state index in [1.807, 2.05) is 18.2 Å². The van der Waals surface area contributed by atoms with Crippen molar-refractivity contribution >= 4 is 34.9 Å². The average molecular weight is 329 g/mol. The summed E-state index contributed by atoms with van der Waals surface area (Å²) in [4.78, 5) is 12.7. The van der Waals surface area contributed by atoms with Gasteiger partial charge in [-0.15, -0.1) is 0 Å². The second kappa shape index (κ2) is 6.66. The number of para-hydroxylation sites is 1. The van der Waals surface area contributed by atoms with Crippen LogP contribution in [0, 0.1) is 5.92 Å². The lowest BCUT2D eigenvalue weighted by Gasteiger charge is -2.06. The summed E-state index contributed by atoms with van der Waals surface area (Å²) in [5.41, 5.74) is 13.3. The van der Waals surface area contributed by atoms with Crippen LogP contribution in [0.1, 0.15) is 12.8 Å². The van der Waals surface area contributed by atoms with Gasteiger partial charge in [-0.2, -0.15) is 4.98 Å². The molecule has 1 fully saturated rings. The van der Waals surface area contributed by atoms with Crippen molar-refractivity contribution in [3.8, 4) is 0 Å². The van der Waals surface area contributed by atoms with Crippen molar-refractivity contribution in [3.63, 3.8) is 0 Å². The van der Waals surface area contributed by atoms with Gasteiger partial charge in [-0.3, -0.25) is 0 Å². The van der Waals surface area contributed by atoms with Gasteiger partial charge < -0.3 is 16.8 Å². The molecule has 1 heterocycles. The number of amidine groups is 1. The Labute approximate surface area is 139 Å². The molecule has 5 N–H and O–H groups in total. The molecule has 3 rings (SSSR count). The van der Waals surface area contributed by atoms with Crippen LogP contribution >= 0.6 is 11.6 Å². The molecular formula is C16H17ClN6. The third-order valence-electron chi connectivity index (χ3n) is 3.37. The minimum Gasteiger partial charge on any atom is -0.402 e. The topological polar surface area (TPSA) is 102 Å². The molecule has 23 heavy (non-hydrogen) atoms. The van der Waals surface area contributed by atoms with Gasteiger partial charge in [-0.05, 0) is 37.0 Å². The summed E-state index contributed by atoms with van der Waals surface area (Å²) < 4.78 is 0. The maximum atomic E-state index is 6.10. The number of anilines is 2. The Kier molecular flexibility index (Phi) is 4.43. The highest BCUT2D eigenvalue weighted by atomic mass is 35.5. The van der Waals surface area contributed by atoms with E-state index in [2.05, 4.69) is 20.3 Å². The van der Waals surface area contributed by atoms with Crippen molar-refractivity contribution in [3.05, 3.63) is 53.3 Å². The first kappa shape index (κ1) is 15.3. The molecule has 0 spiro atoms. The number of nitrogens with one attached hydrogen (secondary N) is 1. The maximum Gasteiger partial charge on any atom is 0.229 e. The molecule has 0 saturated heterocycles. The zero-order chi connectivity index (χ0) is 16.2. The van der Waals surface area contributed by atoms with E-state index in [0.717, 1.165) is 24.2 Å². The largest absolute Gasteiger partial charge is 0.402 e. The number of rotatable bonds is 5. The van der Waals surface area contributed by atoms with E-state index in [-0.39, 0.29) is 0 Å². The van der Waals surface area contributed by atoms with Gasteiger partial charge in [0.25, 0.3) is 0 Å². The molecule has 0 atom stereocenters. The van der Waals surface area contributed by atoms with E-state index in [0.29, 0.717) is 28.5 Å². The third kappa shape index (κ3) is 4.20. The normalized spacial score (nSPS) is 15.5. The number of nitrogens with two attached hydrogens (primary N) is 2. The summed E-state index contributed by atoms with van der Waals surface area (Å²) in [5.74, 6) is 1.63. The van der Waals surface area contributed by atoms with Crippen molar-refractivity contribution in [1.82, 2.24) is 9.97 Å². The first-order valence-corrected chi connectivity index (χ1v) is 7.65. The first-order chi connectivity index (χ1) is 11.1. The van der Waals surface area contributed by atoms with Crippen LogP contribution in [0.25, 0.3) is 0 Å². The summed E-state index contributed by atoms with van der Waals surface area (Å²) in [6.45, 7) is 0. The van der Waals surface area contributed by atoms with Crippen LogP contribution in [0.2, 0.25) is 5.02 Å². The van der Waals surface area contributed by atoms with E-state index in [1.54, 1.807) is 24.4 Å². The maximum absolute atomic E-state index is 6.10. The van der Waals surface area contributed by atoms with E-state index >= 15 is 0 Å². The fraction of sp³-hybridized carbons (Fsp3) is 0.188. The van der Waals surface area contributed by atoms with Gasteiger partial charge in [0.05, 0.1) is 10.7 Å². The van der Waals surface area contributed by atoms with Gasteiger partial charge in [-0.1, -0.05) is 23.7 Å². The molecule has 1 aliphatic carbocycles. The minimum absolute atomic E-state index is 0.330. The highest BCUT2D eigenvalue weighted by Crippen LogP contribution is 2.33. The summed E-state index contributed by atoms with van der Waals surface area (Å²) in [6, 6.07) is 9.03. The van der Waals surface area contributed by atoms with Crippen LogP contribution in [0.5, 0.6) is 0 Å². The molecule has 1 saturated carbocycles. The van der Waals surface area contributed by atoms with Gasteiger partial charge in [-0.25, -0.2) is 9.98 Å². The monoisotopic (exact) mass is 328 g/mol. The molecule has 7 heteroatoms. The minimum atomic E-state index is 0.330. The first-order valence-electron chi connectivity index (χ1n) is 7.27. The lowest BCUT2D eigenvalue weighted by atomic mass is 10.3. The van der Waals surface area contributed by atoms with Crippen molar-refractivity contribution < 1.29 is 0 Å². The molecule has 0 amide bonds. The second-order valence-electron chi connectivity index (χ2n) is 5.30. The number of hydrogen-bond donors (Lipinski definition) is 3. The molecule has 0 aliphatic heterocycles. The molecule has 2 aromatic rings. The van der Waals surface area contributed by atoms with E-state index < -0.39 is 0 Å². The Morgan fingerprint density at radius 2 is 2.04 bits per heavy atom. The molecule has 1 aliphatic rings. The van der Waals surface area contributed by atoms with Crippen LogP contribution in [0.4, 0.5) is 17.5 Å². The van der Waals surface area contributed by atoms with E-state index in [4.69, 9.17) is 23.1 Å². The fourth-order valence-electron chi connectivity index (χ4n) is 2.02. The summed E-state index contributed by atoms with van der Waals surface area (Å²) in [5, 5.41) is 3.64. The summed E-state index contributed by atoms with van der Waals surface area (Å²) in [6.07, 6.45) is 5.54. The van der Waals surface area contributed by atoms with Gasteiger partial charge in [0.15, 0.2) is 5.82 Å². The third-order valence-corrected chi connectivity index (χ3v) is 3.70. The predicted octanol–water partition coefficient (Wildman–Crippen LogP) is 3.11. The molecule has 0 bridgehead atoms. The fourth-order valence-corrected chi connectivity index (χ4v) is 2.21. The van der Waals surface area contributed by atoms with Crippen molar-refractivity contribution in [2.24, 2.45) is 22.4 Å². The van der Waals surface area contributed by atoms with Crippen molar-refractivity contribution in [2.45, 2.75) is 12.8 Å². The van der Waals surface area contributed by atoms with Crippen LogP contribution in [-0.2, 0) is 0 Å². The number of benzene rings is 1. The molecule has 1 aromatic carbocycles. The number of aromatic nitrogens is 2. The smallest absolute Gasteiger partial charge is 0.229 e. The SMILES string of the molecule is NC(/C=C(\N)C1CC1)=Nc1ccnc(Nc2ccccc2Cl)n1. The Balaban J connectivity index is 1.77. The highest BCUT2D eigenvalue weighted by molar-refractivity contribution is 6.33. The van der Waals surface area contributed by atoms with Gasteiger partial charge >= 0.3 is 0 Å². The average Bonchev–Trinajstić information content (AvgIpc) is 3.34. The number of aliphatic imine (C=N–C) groups is 1. The molecule has 118 valence electrons. The van der Waals surface area contributed by atoms with Crippen molar-refractivity contribution in [2.75, 3.05) is 5.32 Å². The Bertz CT molecular complexity index is 767. The molecule has 6 nitrogen and oxygen atoms in total. The summed E-state index contributed by atoms with van der Waals surface area (Å²) >= 11 is 6.10. The zero-order valence-corrected chi connectivity index (χ0v) is 13.2. The standard InChI is InChI=1S/C16H17ClN6/c17-11-3-1-2-4-13(11)21-16-20-8-7-15(23-16)22-14(19)9-12(18)10-5-6-10/h1-4,7-10H,5-6,18H2,(H3,19,20,21,22,23)/b12-9-. The molecule has 1 aromatic heterocycles. The molecule has 0 unspecified atom stereocenters. The van der Waals surface area contributed by atoms with Crippen LogP contribution in [-0.4, -0.2) is 15.8 Å². The Morgan fingerprint density at radius 1 is 1.26 bits per heavy atom. The number of hydrogen-bond acceptors (Lipinski definition) is 5. The second-order valence-corrected chi connectivity index (χ2v) is 5.71. The van der Waals surface area contributed by atoms with E-state index in [1.165, 1.54) is 0 Å². The van der Waals surface area contributed by atoms with Crippen LogP contribution in [0.3, 0.4) is 0 Å². The molecular weight excluding hydrogens is 312 g/mol. The summed E-state index contributed by atoms with van der Waals surface area (Å²) in [7, 11) is 0. The van der Waals surface area contributed by atoms with Crippen molar-refractivity contribution in [1.29, 1.82) is 0 Å². The Hall–Kier alpha value is -2.60. The number of nitrogens with zero attached hydrogens (tertiary/aromatic N) is 3. The van der Waals surface area contributed by atoms with Crippen LogP contribution < -0.4 is 16.8 Å². The molecule has 0 radical (unpaired) electrons. The van der Waals surface area contributed by atoms with Gasteiger partial charge in [0, 0.05) is 18.0 Å². The van der Waals surface area contributed by atoms with Crippen LogP contribution in [0.15, 0.2) is 53.3 Å². The number of allylic oxidation sites excluding steroid dienone is 1.